The maximum Gasteiger partial charge on any atom is 0.416 e. The van der Waals surface area contributed by atoms with E-state index in [4.69, 9.17) is 0 Å². The monoisotopic (exact) mass is 356 g/mol. The van der Waals surface area contributed by atoms with Crippen LogP contribution in [0.15, 0.2) is 68.8 Å². The molecule has 0 saturated carbocycles. The molecule has 1 heterocycles. The molecule has 0 aromatic heterocycles. The largest absolute Gasteiger partial charge is 0.416 e. The average molecular weight is 356 g/mol. The van der Waals surface area contributed by atoms with Crippen LogP contribution in [0.5, 0.6) is 0 Å². The predicted molar refractivity (Wildman–Crippen MR) is 86.3 cm³/mol. The molecule has 1 unspecified atom stereocenters. The van der Waals surface area contributed by atoms with Crippen molar-refractivity contribution in [3.05, 3.63) is 60.2 Å². The van der Waals surface area contributed by atoms with E-state index in [1.807, 2.05) is 6.07 Å². The lowest BCUT2D eigenvalue weighted by atomic mass is 10.2. The van der Waals surface area contributed by atoms with E-state index in [1.54, 1.807) is 24.3 Å². The summed E-state index contributed by atoms with van der Waals surface area (Å²) in [7, 11) is -2.56. The first kappa shape index (κ1) is 16.1. The van der Waals surface area contributed by atoms with Crippen LogP contribution >= 0.6 is 11.8 Å². The van der Waals surface area contributed by atoms with Crippen LogP contribution in [0.1, 0.15) is 5.56 Å². The Morgan fingerprint density at radius 3 is 2.30 bits per heavy atom. The van der Waals surface area contributed by atoms with Gasteiger partial charge in [-0.2, -0.15) is 17.5 Å². The van der Waals surface area contributed by atoms with Crippen molar-refractivity contribution in [1.82, 2.24) is 0 Å². The van der Waals surface area contributed by atoms with Gasteiger partial charge in [0.1, 0.15) is 0 Å². The van der Waals surface area contributed by atoms with E-state index >= 15 is 0 Å². The van der Waals surface area contributed by atoms with Crippen LogP contribution in [-0.4, -0.2) is 14.5 Å². The summed E-state index contributed by atoms with van der Waals surface area (Å²) in [6, 6.07) is 13.4. The SMILES string of the molecule is O=S1(c2ccccc2)=NC(=Nc2ccc(C(F)(F)F)cc2)SC1. The summed E-state index contributed by atoms with van der Waals surface area (Å²) in [5, 5.41) is 0.606. The molecule has 8 heteroatoms. The van der Waals surface area contributed by atoms with E-state index in [0.717, 1.165) is 12.1 Å². The van der Waals surface area contributed by atoms with Gasteiger partial charge >= 0.3 is 6.18 Å². The molecule has 0 fully saturated rings. The van der Waals surface area contributed by atoms with Crippen LogP contribution < -0.4 is 0 Å². The highest BCUT2D eigenvalue weighted by molar-refractivity contribution is 8.25. The van der Waals surface area contributed by atoms with Crippen LogP contribution in [0.4, 0.5) is 18.9 Å². The maximum absolute atomic E-state index is 12.8. The molecule has 1 aliphatic rings. The molecule has 0 radical (unpaired) electrons. The van der Waals surface area contributed by atoms with Gasteiger partial charge in [-0.1, -0.05) is 30.0 Å². The highest BCUT2D eigenvalue weighted by atomic mass is 32.3. The van der Waals surface area contributed by atoms with Crippen LogP contribution in [0, 0.1) is 0 Å². The standard InChI is InChI=1S/C15H11F3N2OS2/c16-15(17,18)11-6-8-12(9-7-11)19-14-20-23(21,10-22-14)13-4-2-1-3-5-13/h1-9H,10H2. The Morgan fingerprint density at radius 1 is 1.04 bits per heavy atom. The van der Waals surface area contributed by atoms with Gasteiger partial charge in [-0.15, -0.1) is 0 Å². The molecule has 0 amide bonds. The fourth-order valence-corrected chi connectivity index (χ4v) is 5.49. The van der Waals surface area contributed by atoms with Crippen molar-refractivity contribution in [3.63, 3.8) is 0 Å². The summed E-state index contributed by atoms with van der Waals surface area (Å²) in [5.74, 6) is 0. The summed E-state index contributed by atoms with van der Waals surface area (Å²) in [5.41, 5.74) is -0.383. The third-order valence-corrected chi connectivity index (χ3v) is 6.89. The maximum atomic E-state index is 12.8. The quantitative estimate of drug-likeness (QED) is 0.766. The molecule has 3 rings (SSSR count). The van der Waals surface area contributed by atoms with Crippen molar-refractivity contribution in [2.24, 2.45) is 9.36 Å². The van der Waals surface area contributed by atoms with Gasteiger partial charge in [-0.3, -0.25) is 0 Å². The van der Waals surface area contributed by atoms with E-state index < -0.39 is 21.5 Å². The zero-order valence-corrected chi connectivity index (χ0v) is 13.3. The molecule has 2 aromatic rings. The molecule has 23 heavy (non-hydrogen) atoms. The highest BCUT2D eigenvalue weighted by Gasteiger charge is 2.30. The summed E-state index contributed by atoms with van der Waals surface area (Å²) in [6.07, 6.45) is -4.38. The van der Waals surface area contributed by atoms with Crippen molar-refractivity contribution in [2.45, 2.75) is 11.1 Å². The van der Waals surface area contributed by atoms with Gasteiger partial charge in [0.15, 0.2) is 5.17 Å². The first-order valence-corrected chi connectivity index (χ1v) is 9.22. The molecule has 2 aromatic carbocycles. The van der Waals surface area contributed by atoms with Gasteiger partial charge in [0.25, 0.3) is 0 Å². The molecule has 0 aliphatic carbocycles. The van der Waals surface area contributed by atoms with Crippen LogP contribution in [0.2, 0.25) is 0 Å². The molecular formula is C15H11F3N2OS2. The van der Waals surface area contributed by atoms with Crippen molar-refractivity contribution in [2.75, 3.05) is 5.08 Å². The van der Waals surface area contributed by atoms with E-state index in [2.05, 4.69) is 9.36 Å². The number of aliphatic imine (C=N–C) groups is 1. The lowest BCUT2D eigenvalue weighted by molar-refractivity contribution is -0.137. The number of thioether (sulfide) groups is 1. The topological polar surface area (TPSA) is 41.8 Å². The lowest BCUT2D eigenvalue weighted by Gasteiger charge is -2.05. The molecular weight excluding hydrogens is 345 g/mol. The number of nitrogens with zero attached hydrogens (tertiary/aromatic N) is 2. The Labute approximate surface area is 135 Å². The second-order valence-corrected chi connectivity index (χ2v) is 8.28. The second-order valence-electron chi connectivity index (χ2n) is 4.75. The Hall–Kier alpha value is -1.80. The third-order valence-electron chi connectivity index (χ3n) is 3.10. The first-order chi connectivity index (χ1) is 10.9. The van der Waals surface area contributed by atoms with Gasteiger partial charge in [0, 0.05) is 4.90 Å². The smallest absolute Gasteiger partial charge is 0.243 e. The van der Waals surface area contributed by atoms with Crippen LogP contribution in [0.25, 0.3) is 0 Å². The molecule has 0 N–H and O–H groups in total. The Balaban J connectivity index is 1.89. The Kier molecular flexibility index (Phi) is 4.20. The summed E-state index contributed by atoms with van der Waals surface area (Å²) >= 11 is 1.23. The van der Waals surface area contributed by atoms with Gasteiger partial charge in [-0.25, -0.2) is 9.20 Å². The number of alkyl halides is 3. The van der Waals surface area contributed by atoms with E-state index in [1.165, 1.54) is 23.9 Å². The minimum absolute atomic E-state index is 0.288. The van der Waals surface area contributed by atoms with E-state index in [0.29, 0.717) is 15.8 Å². The second kappa shape index (κ2) is 6.01. The molecule has 1 atom stereocenters. The van der Waals surface area contributed by atoms with Crippen molar-refractivity contribution in [1.29, 1.82) is 0 Å². The molecule has 120 valence electrons. The minimum atomic E-state index is -4.38. The molecule has 0 spiro atoms. The number of amidine groups is 1. The first-order valence-electron chi connectivity index (χ1n) is 6.55. The third kappa shape index (κ3) is 3.59. The number of rotatable bonds is 2. The van der Waals surface area contributed by atoms with Gasteiger partial charge < -0.3 is 0 Å². The molecule has 3 nitrogen and oxygen atoms in total. The zero-order valence-electron chi connectivity index (χ0n) is 11.7. The summed E-state index contributed by atoms with van der Waals surface area (Å²) in [6.45, 7) is 0. The Bertz CT molecular complexity index is 853. The number of hydrogen-bond donors (Lipinski definition) is 0. The predicted octanol–water partition coefficient (Wildman–Crippen LogP) is 4.92. The fraction of sp³-hybridized carbons (Fsp3) is 0.133. The Morgan fingerprint density at radius 2 is 1.70 bits per heavy atom. The number of halogens is 3. The normalized spacial score (nSPS) is 23.0. The van der Waals surface area contributed by atoms with E-state index in [9.17, 15) is 17.4 Å². The fourth-order valence-electron chi connectivity index (χ4n) is 1.95. The van der Waals surface area contributed by atoms with Gasteiger partial charge in [-0.05, 0) is 36.4 Å². The average Bonchev–Trinajstić information content (AvgIpc) is 2.90. The lowest BCUT2D eigenvalue weighted by Crippen LogP contribution is -2.03. The van der Waals surface area contributed by atoms with Crippen LogP contribution in [0.3, 0.4) is 0 Å². The number of hydrogen-bond acceptors (Lipinski definition) is 3. The highest BCUT2D eigenvalue weighted by Crippen LogP contribution is 2.32. The van der Waals surface area contributed by atoms with Crippen LogP contribution in [-0.2, 0) is 15.9 Å². The van der Waals surface area contributed by atoms with Crippen molar-refractivity contribution < 1.29 is 17.4 Å². The van der Waals surface area contributed by atoms with E-state index in [-0.39, 0.29) is 5.08 Å². The zero-order chi connectivity index (χ0) is 16.5. The van der Waals surface area contributed by atoms with Crippen molar-refractivity contribution in [3.8, 4) is 0 Å². The van der Waals surface area contributed by atoms with Gasteiger partial charge in [0.05, 0.1) is 26.1 Å². The summed E-state index contributed by atoms with van der Waals surface area (Å²) in [4.78, 5) is 4.80. The molecule has 0 saturated heterocycles. The number of benzene rings is 2. The molecule has 1 aliphatic heterocycles. The minimum Gasteiger partial charge on any atom is -0.243 e. The molecule has 0 bridgehead atoms. The summed E-state index contributed by atoms with van der Waals surface area (Å²) < 4.78 is 54.5. The van der Waals surface area contributed by atoms with Crippen molar-refractivity contribution >= 4 is 32.3 Å². The van der Waals surface area contributed by atoms with Gasteiger partial charge in [0.2, 0.25) is 0 Å².